The molecule has 1 aromatic carbocycles. The molecule has 3 rings (SSSR count). The second-order valence-corrected chi connectivity index (χ2v) is 6.37. The van der Waals surface area contributed by atoms with Crippen LogP contribution in [0.3, 0.4) is 0 Å². The number of likely N-dealkylation sites (tertiary alicyclic amines) is 1. The van der Waals surface area contributed by atoms with Crippen LogP contribution in [-0.4, -0.2) is 46.9 Å². The highest BCUT2D eigenvalue weighted by molar-refractivity contribution is 6.07. The van der Waals surface area contributed by atoms with Gasteiger partial charge in [0.2, 0.25) is 0 Å². The Kier molecular flexibility index (Phi) is 4.35. The fraction of sp³-hybridized carbons (Fsp3) is 0.529. The molecule has 1 N–H and O–H groups in total. The molecule has 5 nitrogen and oxygen atoms in total. The van der Waals surface area contributed by atoms with E-state index in [9.17, 15) is 14.0 Å². The monoisotopic (exact) mass is 319 g/mol. The lowest BCUT2D eigenvalue weighted by Crippen LogP contribution is -2.54. The zero-order valence-corrected chi connectivity index (χ0v) is 13.3. The summed E-state index contributed by atoms with van der Waals surface area (Å²) in [6, 6.07) is 6.23. The predicted molar refractivity (Wildman–Crippen MR) is 84.2 cm³/mol. The van der Waals surface area contributed by atoms with E-state index >= 15 is 0 Å². The van der Waals surface area contributed by atoms with Crippen LogP contribution in [0.15, 0.2) is 24.3 Å². The molecule has 1 aromatic rings. The molecular formula is C17H22FN3O2. The highest BCUT2D eigenvalue weighted by Crippen LogP contribution is 2.30. The van der Waals surface area contributed by atoms with Gasteiger partial charge in [0.05, 0.1) is 0 Å². The Labute approximate surface area is 135 Å². The molecule has 2 saturated heterocycles. The van der Waals surface area contributed by atoms with Crippen LogP contribution in [0.1, 0.15) is 31.7 Å². The smallest absolute Gasteiger partial charge is 0.323 e. The minimum absolute atomic E-state index is 0.0780. The quantitative estimate of drug-likeness (QED) is 0.865. The van der Waals surface area contributed by atoms with E-state index in [1.165, 1.54) is 17.0 Å². The van der Waals surface area contributed by atoms with Gasteiger partial charge in [-0.3, -0.25) is 14.6 Å². The molecule has 2 heterocycles. The summed E-state index contributed by atoms with van der Waals surface area (Å²) in [4.78, 5) is 28.1. The van der Waals surface area contributed by atoms with Crippen molar-refractivity contribution in [2.24, 2.45) is 0 Å². The molecular weight excluding hydrogens is 297 g/mol. The molecule has 2 fully saturated rings. The normalized spacial score (nSPS) is 21.0. The Bertz CT molecular complexity index is 594. The van der Waals surface area contributed by atoms with E-state index in [0.29, 0.717) is 19.4 Å². The van der Waals surface area contributed by atoms with Crippen molar-refractivity contribution in [2.45, 2.75) is 38.3 Å². The number of halogens is 1. The molecule has 0 aromatic heterocycles. The number of benzene rings is 1. The Hall–Kier alpha value is -1.95. The van der Waals surface area contributed by atoms with Crippen LogP contribution < -0.4 is 5.32 Å². The molecule has 2 aliphatic heterocycles. The van der Waals surface area contributed by atoms with Crippen molar-refractivity contribution >= 4 is 11.9 Å². The Morgan fingerprint density at radius 2 is 1.83 bits per heavy atom. The number of nitrogens with zero attached hydrogens (tertiary/aromatic N) is 2. The summed E-state index contributed by atoms with van der Waals surface area (Å²) >= 11 is 0. The number of nitrogens with one attached hydrogen (secondary N) is 1. The van der Waals surface area contributed by atoms with Gasteiger partial charge in [0.15, 0.2) is 0 Å². The summed E-state index contributed by atoms with van der Waals surface area (Å²) in [5.74, 6) is -0.313. The Morgan fingerprint density at radius 1 is 1.17 bits per heavy atom. The molecule has 1 spiro atoms. The minimum Gasteiger partial charge on any atom is -0.323 e. The van der Waals surface area contributed by atoms with Crippen molar-refractivity contribution in [3.8, 4) is 0 Å². The number of urea groups is 1. The van der Waals surface area contributed by atoms with Crippen LogP contribution >= 0.6 is 0 Å². The maximum Gasteiger partial charge on any atom is 0.325 e. The van der Waals surface area contributed by atoms with Crippen molar-refractivity contribution in [1.29, 1.82) is 0 Å². The highest BCUT2D eigenvalue weighted by Gasteiger charge is 2.51. The van der Waals surface area contributed by atoms with Crippen LogP contribution in [-0.2, 0) is 11.3 Å². The van der Waals surface area contributed by atoms with Crippen LogP contribution in [0.5, 0.6) is 0 Å². The third-order valence-electron chi connectivity index (χ3n) is 4.72. The van der Waals surface area contributed by atoms with E-state index in [0.717, 1.165) is 31.6 Å². The summed E-state index contributed by atoms with van der Waals surface area (Å²) in [6.07, 6.45) is 2.02. The van der Waals surface area contributed by atoms with Crippen molar-refractivity contribution in [1.82, 2.24) is 15.1 Å². The van der Waals surface area contributed by atoms with Crippen LogP contribution in [0, 0.1) is 5.82 Å². The average Bonchev–Trinajstić information content (AvgIpc) is 2.77. The number of piperidine rings is 1. The number of rotatable bonds is 4. The van der Waals surface area contributed by atoms with Gasteiger partial charge in [-0.05, 0) is 37.0 Å². The number of amides is 3. The lowest BCUT2D eigenvalue weighted by molar-refractivity contribution is -0.133. The first-order chi connectivity index (χ1) is 11.0. The van der Waals surface area contributed by atoms with Crippen LogP contribution in [0.25, 0.3) is 0 Å². The fourth-order valence-electron chi connectivity index (χ4n) is 3.38. The van der Waals surface area contributed by atoms with Gasteiger partial charge in [-0.25, -0.2) is 9.18 Å². The van der Waals surface area contributed by atoms with Crippen molar-refractivity contribution in [3.05, 3.63) is 35.6 Å². The van der Waals surface area contributed by atoms with Gasteiger partial charge in [0, 0.05) is 26.2 Å². The highest BCUT2D eigenvalue weighted by atomic mass is 19.1. The first kappa shape index (κ1) is 15.9. The zero-order chi connectivity index (χ0) is 16.4. The van der Waals surface area contributed by atoms with E-state index in [-0.39, 0.29) is 17.8 Å². The van der Waals surface area contributed by atoms with Gasteiger partial charge in [0.25, 0.3) is 5.91 Å². The molecule has 0 bridgehead atoms. The first-order valence-corrected chi connectivity index (χ1v) is 8.15. The van der Waals surface area contributed by atoms with E-state index in [2.05, 4.69) is 10.2 Å². The molecule has 23 heavy (non-hydrogen) atoms. The first-order valence-electron chi connectivity index (χ1n) is 8.15. The van der Waals surface area contributed by atoms with Crippen molar-refractivity contribution in [2.75, 3.05) is 19.6 Å². The van der Waals surface area contributed by atoms with Gasteiger partial charge in [0.1, 0.15) is 11.4 Å². The average molecular weight is 319 g/mol. The molecule has 3 amide bonds. The number of carbonyl (C=O) groups excluding carboxylic acids is 2. The summed E-state index contributed by atoms with van der Waals surface area (Å²) in [5, 5.41) is 2.91. The van der Waals surface area contributed by atoms with Gasteiger partial charge < -0.3 is 5.32 Å². The molecule has 0 aliphatic carbocycles. The van der Waals surface area contributed by atoms with E-state index in [4.69, 9.17) is 0 Å². The topological polar surface area (TPSA) is 52.7 Å². The minimum atomic E-state index is -0.717. The van der Waals surface area contributed by atoms with Crippen molar-refractivity contribution < 1.29 is 14.0 Å². The molecule has 6 heteroatoms. The number of carbonyl (C=O) groups is 2. The summed E-state index contributed by atoms with van der Waals surface area (Å²) in [7, 11) is 0. The Balaban J connectivity index is 1.61. The predicted octanol–water partition coefficient (Wildman–Crippen LogP) is 2.12. The van der Waals surface area contributed by atoms with Crippen LogP contribution in [0.4, 0.5) is 9.18 Å². The molecule has 2 aliphatic rings. The van der Waals surface area contributed by atoms with E-state index in [1.54, 1.807) is 12.1 Å². The van der Waals surface area contributed by atoms with Gasteiger partial charge >= 0.3 is 6.03 Å². The second kappa shape index (κ2) is 6.28. The summed E-state index contributed by atoms with van der Waals surface area (Å²) in [6.45, 7) is 4.65. The summed E-state index contributed by atoms with van der Waals surface area (Å²) in [5.41, 5.74) is 0.336. The standard InChI is InChI=1S/C17H22FN3O2/c1-2-9-21-15(22)17(19-16(21)23)7-10-20(11-8-17)12-13-3-5-14(18)6-4-13/h3-6H,2,7-12H2,1H3,(H,19,23). The SMILES string of the molecule is CCCN1C(=O)NC2(CCN(Cc3ccc(F)cc3)CC2)C1=O. The summed E-state index contributed by atoms with van der Waals surface area (Å²) < 4.78 is 12.9. The second-order valence-electron chi connectivity index (χ2n) is 6.37. The number of hydrogen-bond donors (Lipinski definition) is 1. The van der Waals surface area contributed by atoms with Gasteiger partial charge in [-0.2, -0.15) is 0 Å². The van der Waals surface area contributed by atoms with Gasteiger partial charge in [-0.15, -0.1) is 0 Å². The number of hydrogen-bond acceptors (Lipinski definition) is 3. The third-order valence-corrected chi connectivity index (χ3v) is 4.72. The van der Waals surface area contributed by atoms with Gasteiger partial charge in [-0.1, -0.05) is 19.1 Å². The maximum atomic E-state index is 12.9. The van der Waals surface area contributed by atoms with E-state index in [1.807, 2.05) is 6.92 Å². The van der Waals surface area contributed by atoms with Crippen molar-refractivity contribution in [3.63, 3.8) is 0 Å². The number of imide groups is 1. The largest absolute Gasteiger partial charge is 0.325 e. The molecule has 0 atom stereocenters. The molecule has 124 valence electrons. The molecule has 0 radical (unpaired) electrons. The Morgan fingerprint density at radius 3 is 2.43 bits per heavy atom. The lowest BCUT2D eigenvalue weighted by atomic mass is 9.87. The molecule has 0 unspecified atom stereocenters. The maximum absolute atomic E-state index is 12.9. The van der Waals surface area contributed by atoms with E-state index < -0.39 is 5.54 Å². The zero-order valence-electron chi connectivity index (χ0n) is 13.3. The fourth-order valence-corrected chi connectivity index (χ4v) is 3.38. The lowest BCUT2D eigenvalue weighted by Gasteiger charge is -2.37. The molecule has 0 saturated carbocycles. The third kappa shape index (κ3) is 3.08. The van der Waals surface area contributed by atoms with Crippen LogP contribution in [0.2, 0.25) is 0 Å².